The molecule has 0 spiro atoms. The molecule has 2 rings (SSSR count). The van der Waals surface area contributed by atoms with Crippen LogP contribution in [0.15, 0.2) is 18.2 Å². The largest absolute Gasteiger partial charge is 0.480 e. The van der Waals surface area contributed by atoms with Crippen molar-refractivity contribution in [3.8, 4) is 0 Å². The van der Waals surface area contributed by atoms with Crippen molar-refractivity contribution >= 4 is 23.3 Å². The van der Waals surface area contributed by atoms with E-state index in [1.165, 1.54) is 6.07 Å². The maximum absolute atomic E-state index is 11.1. The predicted octanol–water partition coefficient (Wildman–Crippen LogP) is 2.30. The molecule has 1 aromatic rings. The molecule has 7 heteroatoms. The number of carboxylic acids is 1. The Balaban J connectivity index is 2.23. The Hall–Kier alpha value is -1.66. The zero-order valence-electron chi connectivity index (χ0n) is 10.1. The van der Waals surface area contributed by atoms with Crippen molar-refractivity contribution in [3.63, 3.8) is 0 Å². The summed E-state index contributed by atoms with van der Waals surface area (Å²) in [5.41, 5.74) is 0.422. The number of likely N-dealkylation sites (tertiary alicyclic amines) is 1. The van der Waals surface area contributed by atoms with Gasteiger partial charge in [0.15, 0.2) is 0 Å². The molecule has 19 heavy (non-hydrogen) atoms. The van der Waals surface area contributed by atoms with Crippen molar-refractivity contribution in [2.24, 2.45) is 0 Å². The van der Waals surface area contributed by atoms with E-state index in [1.54, 1.807) is 17.0 Å². The first-order valence-corrected chi connectivity index (χ1v) is 6.26. The van der Waals surface area contributed by atoms with Gasteiger partial charge in [-0.1, -0.05) is 11.6 Å². The lowest BCUT2D eigenvalue weighted by atomic mass is 10.1. The summed E-state index contributed by atoms with van der Waals surface area (Å²) in [6.45, 7) is 0.890. The number of carbonyl (C=O) groups is 1. The van der Waals surface area contributed by atoms with Crippen molar-refractivity contribution in [1.29, 1.82) is 0 Å². The van der Waals surface area contributed by atoms with Gasteiger partial charge in [-0.15, -0.1) is 0 Å². The second-order valence-electron chi connectivity index (χ2n) is 4.50. The van der Waals surface area contributed by atoms with Crippen LogP contribution in [0.3, 0.4) is 0 Å². The smallest absolute Gasteiger partial charge is 0.320 e. The molecule has 1 saturated heterocycles. The van der Waals surface area contributed by atoms with E-state index in [9.17, 15) is 14.9 Å². The quantitative estimate of drug-likeness (QED) is 0.677. The minimum atomic E-state index is -0.880. The second-order valence-corrected chi connectivity index (χ2v) is 4.93. The fourth-order valence-electron chi connectivity index (χ4n) is 2.35. The van der Waals surface area contributed by atoms with Crippen LogP contribution in [0.2, 0.25) is 5.02 Å². The molecule has 0 saturated carbocycles. The minimum Gasteiger partial charge on any atom is -0.480 e. The number of halogens is 1. The highest BCUT2D eigenvalue weighted by Crippen LogP contribution is 2.27. The number of hydrogen-bond acceptors (Lipinski definition) is 4. The first kappa shape index (κ1) is 13.8. The Kier molecular flexibility index (Phi) is 4.01. The molecular formula is C12H13ClN2O4. The second kappa shape index (κ2) is 5.54. The molecule has 6 nitrogen and oxygen atoms in total. The van der Waals surface area contributed by atoms with E-state index >= 15 is 0 Å². The molecule has 102 valence electrons. The summed E-state index contributed by atoms with van der Waals surface area (Å²) < 4.78 is 0. The first-order valence-electron chi connectivity index (χ1n) is 5.88. The van der Waals surface area contributed by atoms with Gasteiger partial charge in [0.1, 0.15) is 6.04 Å². The van der Waals surface area contributed by atoms with Gasteiger partial charge in [-0.05, 0) is 31.5 Å². The SMILES string of the molecule is O=C(O)C1CCCN1Cc1ccc(Cl)cc1[N+](=O)[O-]. The zero-order chi connectivity index (χ0) is 14.0. The third-order valence-corrected chi connectivity index (χ3v) is 3.50. The average molecular weight is 285 g/mol. The number of hydrogen-bond donors (Lipinski definition) is 1. The Morgan fingerprint density at radius 3 is 2.95 bits per heavy atom. The molecule has 1 N–H and O–H groups in total. The van der Waals surface area contributed by atoms with Gasteiger partial charge >= 0.3 is 5.97 Å². The molecule has 1 aromatic carbocycles. The van der Waals surface area contributed by atoms with Crippen molar-refractivity contribution in [1.82, 2.24) is 4.90 Å². The number of nitrogens with zero attached hydrogens (tertiary/aromatic N) is 2. The Morgan fingerprint density at radius 2 is 2.32 bits per heavy atom. The van der Waals surface area contributed by atoms with Gasteiger partial charge < -0.3 is 5.11 Å². The van der Waals surface area contributed by atoms with Crippen LogP contribution in [-0.4, -0.2) is 33.5 Å². The normalized spacial score (nSPS) is 19.5. The number of carboxylic acid groups (broad SMARTS) is 1. The number of nitro benzene ring substituents is 1. The fourth-order valence-corrected chi connectivity index (χ4v) is 2.52. The van der Waals surface area contributed by atoms with Crippen LogP contribution < -0.4 is 0 Å². The van der Waals surface area contributed by atoms with Gasteiger partial charge in [0.25, 0.3) is 5.69 Å². The summed E-state index contributed by atoms with van der Waals surface area (Å²) in [4.78, 5) is 23.3. The van der Waals surface area contributed by atoms with E-state index < -0.39 is 16.9 Å². The molecule has 0 aromatic heterocycles. The molecule has 1 unspecified atom stereocenters. The van der Waals surface area contributed by atoms with Crippen LogP contribution >= 0.6 is 11.6 Å². The van der Waals surface area contributed by atoms with Crippen molar-refractivity contribution < 1.29 is 14.8 Å². The third-order valence-electron chi connectivity index (χ3n) is 3.27. The Morgan fingerprint density at radius 1 is 1.58 bits per heavy atom. The molecule has 1 atom stereocenters. The van der Waals surface area contributed by atoms with Gasteiger partial charge in [-0.2, -0.15) is 0 Å². The molecule has 0 radical (unpaired) electrons. The van der Waals surface area contributed by atoms with Crippen molar-refractivity contribution in [3.05, 3.63) is 38.9 Å². The molecule has 0 aliphatic carbocycles. The van der Waals surface area contributed by atoms with Gasteiger partial charge in [0.2, 0.25) is 0 Å². The summed E-state index contributed by atoms with van der Waals surface area (Å²) >= 11 is 5.74. The molecule has 1 fully saturated rings. The number of rotatable bonds is 4. The van der Waals surface area contributed by atoms with E-state index in [1.807, 2.05) is 0 Å². The fraction of sp³-hybridized carbons (Fsp3) is 0.417. The monoisotopic (exact) mass is 284 g/mol. The van der Waals surface area contributed by atoms with Crippen molar-refractivity contribution in [2.75, 3.05) is 6.54 Å². The summed E-state index contributed by atoms with van der Waals surface area (Å²) in [5.74, 6) is -0.880. The van der Waals surface area contributed by atoms with Gasteiger partial charge in [0.05, 0.1) is 4.92 Å². The first-order chi connectivity index (χ1) is 8.99. The molecule has 0 bridgehead atoms. The van der Waals surface area contributed by atoms with Crippen LogP contribution in [-0.2, 0) is 11.3 Å². The number of benzene rings is 1. The zero-order valence-corrected chi connectivity index (χ0v) is 10.8. The molecule has 1 aliphatic heterocycles. The van der Waals surface area contributed by atoms with Gasteiger partial charge in [-0.25, -0.2) is 0 Å². The van der Waals surface area contributed by atoms with Gasteiger partial charge in [-0.3, -0.25) is 19.8 Å². The molecule has 1 heterocycles. The van der Waals surface area contributed by atoms with Crippen LogP contribution in [0.4, 0.5) is 5.69 Å². The Bertz CT molecular complexity index is 520. The van der Waals surface area contributed by atoms with Crippen LogP contribution in [0, 0.1) is 10.1 Å². The van der Waals surface area contributed by atoms with Crippen LogP contribution in [0.5, 0.6) is 0 Å². The molecular weight excluding hydrogens is 272 g/mol. The van der Waals surface area contributed by atoms with Gasteiger partial charge in [0, 0.05) is 23.2 Å². The summed E-state index contributed by atoms with van der Waals surface area (Å²) in [5, 5.41) is 20.4. The highest BCUT2D eigenvalue weighted by molar-refractivity contribution is 6.30. The lowest BCUT2D eigenvalue weighted by Gasteiger charge is -2.20. The highest BCUT2D eigenvalue weighted by Gasteiger charge is 2.31. The standard InChI is InChI=1S/C12H13ClN2O4/c13-9-4-3-8(11(6-9)15(18)19)7-14-5-1-2-10(14)12(16)17/h3-4,6,10H,1-2,5,7H2,(H,16,17). The van der Waals surface area contributed by atoms with E-state index in [0.717, 1.165) is 6.42 Å². The minimum absolute atomic E-state index is 0.0662. The third kappa shape index (κ3) is 3.02. The topological polar surface area (TPSA) is 83.7 Å². The molecule has 0 amide bonds. The number of aliphatic carboxylic acids is 1. The molecule has 1 aliphatic rings. The lowest BCUT2D eigenvalue weighted by Crippen LogP contribution is -2.35. The summed E-state index contributed by atoms with van der Waals surface area (Å²) in [7, 11) is 0. The lowest BCUT2D eigenvalue weighted by molar-refractivity contribution is -0.385. The maximum Gasteiger partial charge on any atom is 0.320 e. The Labute approximate surface area is 114 Å². The predicted molar refractivity (Wildman–Crippen MR) is 69.2 cm³/mol. The average Bonchev–Trinajstić information content (AvgIpc) is 2.79. The van der Waals surface area contributed by atoms with Crippen LogP contribution in [0.1, 0.15) is 18.4 Å². The summed E-state index contributed by atoms with van der Waals surface area (Å²) in [6, 6.07) is 3.89. The summed E-state index contributed by atoms with van der Waals surface area (Å²) in [6.07, 6.45) is 1.37. The van der Waals surface area contributed by atoms with E-state index in [2.05, 4.69) is 0 Å². The van der Waals surface area contributed by atoms with E-state index in [4.69, 9.17) is 16.7 Å². The highest BCUT2D eigenvalue weighted by atomic mass is 35.5. The van der Waals surface area contributed by atoms with E-state index in [-0.39, 0.29) is 12.2 Å². The van der Waals surface area contributed by atoms with Crippen molar-refractivity contribution in [2.45, 2.75) is 25.4 Å². The van der Waals surface area contributed by atoms with E-state index in [0.29, 0.717) is 23.6 Å². The number of nitro groups is 1. The van der Waals surface area contributed by atoms with Crippen LogP contribution in [0.25, 0.3) is 0 Å². The maximum atomic E-state index is 11.1.